The van der Waals surface area contributed by atoms with Gasteiger partial charge in [0.25, 0.3) is 0 Å². The topological polar surface area (TPSA) is 55.3 Å². The molecule has 2 nitrogen and oxygen atoms in total. The fourth-order valence-electron chi connectivity index (χ4n) is 0. The molecular formula is C2H8NNaO. The third-order valence-electron chi connectivity index (χ3n) is 0. The van der Waals surface area contributed by atoms with Gasteiger partial charge in [-0.2, -0.15) is 6.54 Å². The van der Waals surface area contributed by atoms with Crippen molar-refractivity contribution >= 4 is 0 Å². The van der Waals surface area contributed by atoms with Crippen molar-refractivity contribution in [3.05, 3.63) is 5.73 Å². The smallest absolute Gasteiger partial charge is 0.678 e. The summed E-state index contributed by atoms with van der Waals surface area (Å²) in [6.07, 6.45) is 0. The second-order valence-corrected chi connectivity index (χ2v) is 0.354. The van der Waals surface area contributed by atoms with Crippen molar-refractivity contribution in [2.45, 2.75) is 6.92 Å². The van der Waals surface area contributed by atoms with Crippen LogP contribution in [0.3, 0.4) is 0 Å². The first-order valence-corrected chi connectivity index (χ1v) is 1.06. The van der Waals surface area contributed by atoms with Crippen molar-refractivity contribution in [3.8, 4) is 0 Å². The molecule has 0 aliphatic carbocycles. The standard InChI is InChI=1S/C2H6N.Na.H2O/c1-2-3;;/h3H,2H2,1H3;;1H2/q-1;+1;. The number of nitrogens with one attached hydrogen (secondary N) is 1. The molecule has 0 fully saturated rings. The predicted molar refractivity (Wildman–Crippen MR) is 18.5 cm³/mol. The molecule has 0 aliphatic rings. The third-order valence-corrected chi connectivity index (χ3v) is 0. The maximum Gasteiger partial charge on any atom is 1.00 e. The summed E-state index contributed by atoms with van der Waals surface area (Å²) < 4.78 is 0. The van der Waals surface area contributed by atoms with E-state index >= 15 is 0 Å². The molecule has 0 saturated carbocycles. The molecule has 0 radical (unpaired) electrons. The van der Waals surface area contributed by atoms with Gasteiger partial charge in [0.1, 0.15) is 0 Å². The molecular weight excluding hydrogens is 77.0 g/mol. The van der Waals surface area contributed by atoms with Gasteiger partial charge < -0.3 is 11.2 Å². The van der Waals surface area contributed by atoms with E-state index in [0.29, 0.717) is 6.54 Å². The van der Waals surface area contributed by atoms with Gasteiger partial charge in [-0.05, 0) is 0 Å². The Morgan fingerprint density at radius 2 is 1.60 bits per heavy atom. The fraction of sp³-hybridized carbons (Fsp3) is 1.00. The second-order valence-electron chi connectivity index (χ2n) is 0.354. The van der Waals surface area contributed by atoms with Crippen LogP contribution in [0.4, 0.5) is 0 Å². The molecule has 0 aromatic rings. The van der Waals surface area contributed by atoms with Crippen molar-refractivity contribution in [1.82, 2.24) is 0 Å². The van der Waals surface area contributed by atoms with E-state index in [1.54, 1.807) is 6.92 Å². The van der Waals surface area contributed by atoms with Gasteiger partial charge in [-0.15, -0.1) is 0 Å². The summed E-state index contributed by atoms with van der Waals surface area (Å²) in [7, 11) is 0. The normalized spacial score (nSPS) is 3.60. The zero-order valence-corrected chi connectivity index (χ0v) is 5.71. The minimum atomic E-state index is 0. The average molecular weight is 85.1 g/mol. The molecule has 0 aromatic carbocycles. The summed E-state index contributed by atoms with van der Waals surface area (Å²) in [6, 6.07) is 0. The molecule has 0 aromatic heterocycles. The van der Waals surface area contributed by atoms with Crippen molar-refractivity contribution < 1.29 is 35.0 Å². The zero-order valence-electron chi connectivity index (χ0n) is 3.71. The van der Waals surface area contributed by atoms with Crippen LogP contribution in [0.1, 0.15) is 6.92 Å². The molecule has 3 heteroatoms. The van der Waals surface area contributed by atoms with E-state index in [0.717, 1.165) is 0 Å². The first-order valence-electron chi connectivity index (χ1n) is 1.06. The van der Waals surface area contributed by atoms with Crippen molar-refractivity contribution in [1.29, 1.82) is 0 Å². The van der Waals surface area contributed by atoms with Crippen molar-refractivity contribution in [2.75, 3.05) is 6.54 Å². The summed E-state index contributed by atoms with van der Waals surface area (Å²) >= 11 is 0. The van der Waals surface area contributed by atoms with E-state index in [-0.39, 0.29) is 35.0 Å². The zero-order chi connectivity index (χ0) is 2.71. The van der Waals surface area contributed by atoms with Gasteiger partial charge in [0.05, 0.1) is 0 Å². The van der Waals surface area contributed by atoms with Gasteiger partial charge in [-0.3, -0.25) is 0 Å². The Balaban J connectivity index is -0.0000000200. The van der Waals surface area contributed by atoms with Gasteiger partial charge in [0, 0.05) is 0 Å². The Bertz CT molecular complexity index is 9.61. The molecule has 0 bridgehead atoms. The molecule has 0 spiro atoms. The van der Waals surface area contributed by atoms with E-state index in [2.05, 4.69) is 0 Å². The van der Waals surface area contributed by atoms with Crippen LogP contribution in [-0.4, -0.2) is 12.0 Å². The van der Waals surface area contributed by atoms with E-state index < -0.39 is 0 Å². The predicted octanol–water partition coefficient (Wildman–Crippen LogP) is -2.76. The van der Waals surface area contributed by atoms with Crippen LogP contribution in [0.5, 0.6) is 0 Å². The first kappa shape index (κ1) is 16.8. The Kier molecular flexibility index (Phi) is 68.9. The Hall–Kier alpha value is 0.920. The number of hydrogen-bond donors (Lipinski definition) is 0. The van der Waals surface area contributed by atoms with Crippen molar-refractivity contribution in [2.24, 2.45) is 0 Å². The molecule has 0 aliphatic heterocycles. The van der Waals surface area contributed by atoms with Crippen LogP contribution in [0.2, 0.25) is 0 Å². The molecule has 0 atom stereocenters. The molecule has 0 heterocycles. The van der Waals surface area contributed by atoms with Gasteiger partial charge in [-0.1, -0.05) is 6.92 Å². The molecule has 28 valence electrons. The van der Waals surface area contributed by atoms with Crippen LogP contribution in [0.15, 0.2) is 0 Å². The number of rotatable bonds is 0. The van der Waals surface area contributed by atoms with Gasteiger partial charge in [-0.25, -0.2) is 0 Å². The summed E-state index contributed by atoms with van der Waals surface area (Å²) in [6.45, 7) is 2.29. The van der Waals surface area contributed by atoms with E-state index in [4.69, 9.17) is 5.73 Å². The minimum absolute atomic E-state index is 0. The Morgan fingerprint density at radius 1 is 1.60 bits per heavy atom. The SMILES string of the molecule is CC[NH-].O.[Na+]. The molecule has 0 amide bonds. The quantitative estimate of drug-likeness (QED) is 0.286. The molecule has 0 rings (SSSR count). The molecule has 3 N–H and O–H groups in total. The average Bonchev–Trinajstić information content (AvgIpc) is 0.918. The van der Waals surface area contributed by atoms with Gasteiger partial charge in [0.15, 0.2) is 0 Å². The summed E-state index contributed by atoms with van der Waals surface area (Å²) in [4.78, 5) is 0. The maximum atomic E-state index is 6.21. The summed E-state index contributed by atoms with van der Waals surface area (Å²) in [5.41, 5.74) is 6.21. The largest absolute Gasteiger partial charge is 1.00 e. The minimum Gasteiger partial charge on any atom is -0.678 e. The monoisotopic (exact) mass is 85.1 g/mol. The van der Waals surface area contributed by atoms with Crippen molar-refractivity contribution in [3.63, 3.8) is 0 Å². The first-order chi connectivity index (χ1) is 1.41. The molecule has 0 saturated heterocycles. The van der Waals surface area contributed by atoms with Gasteiger partial charge in [0.2, 0.25) is 0 Å². The van der Waals surface area contributed by atoms with Crippen LogP contribution in [0.25, 0.3) is 5.73 Å². The van der Waals surface area contributed by atoms with Crippen LogP contribution in [-0.2, 0) is 0 Å². The Labute approximate surface area is 54.3 Å². The van der Waals surface area contributed by atoms with Crippen LogP contribution < -0.4 is 29.6 Å². The Morgan fingerprint density at radius 3 is 1.60 bits per heavy atom. The molecule has 0 unspecified atom stereocenters. The fourth-order valence-corrected chi connectivity index (χ4v) is 0. The van der Waals surface area contributed by atoms with E-state index in [1.807, 2.05) is 0 Å². The van der Waals surface area contributed by atoms with Gasteiger partial charge >= 0.3 is 29.6 Å². The maximum absolute atomic E-state index is 6.21. The van der Waals surface area contributed by atoms with E-state index in [1.165, 1.54) is 0 Å². The summed E-state index contributed by atoms with van der Waals surface area (Å²) in [5, 5.41) is 0. The number of hydrogen-bond acceptors (Lipinski definition) is 0. The van der Waals surface area contributed by atoms with Crippen LogP contribution in [0, 0.1) is 0 Å². The molecule has 5 heavy (non-hydrogen) atoms. The van der Waals surface area contributed by atoms with E-state index in [9.17, 15) is 0 Å². The summed E-state index contributed by atoms with van der Waals surface area (Å²) in [5.74, 6) is 0. The second kappa shape index (κ2) is 20.5. The van der Waals surface area contributed by atoms with Crippen LogP contribution >= 0.6 is 0 Å². The third kappa shape index (κ3) is 49.6.